The van der Waals surface area contributed by atoms with Gasteiger partial charge in [-0.2, -0.15) is 12.6 Å². The highest BCUT2D eigenvalue weighted by Crippen LogP contribution is 2.19. The molecule has 0 bridgehead atoms. The molecule has 0 spiro atoms. The number of thiol groups is 1. The lowest BCUT2D eigenvalue weighted by Crippen LogP contribution is -2.19. The van der Waals surface area contributed by atoms with Crippen LogP contribution in [0.15, 0.2) is 16.5 Å². The number of nitrogens with zero attached hydrogens (tertiary/aromatic N) is 2. The fourth-order valence-corrected chi connectivity index (χ4v) is 2.79. The molecule has 0 radical (unpaired) electrons. The quantitative estimate of drug-likeness (QED) is 0.672. The minimum Gasteiger partial charge on any atom is -0.298 e. The Bertz CT molecular complexity index is 544. The van der Waals surface area contributed by atoms with Crippen LogP contribution in [-0.4, -0.2) is 15.3 Å². The predicted molar refractivity (Wildman–Crippen MR) is 71.7 cm³/mol. The van der Waals surface area contributed by atoms with E-state index in [9.17, 15) is 4.79 Å². The lowest BCUT2D eigenvalue weighted by molar-refractivity contribution is 0.612. The number of fused-ring (bicyclic) bond motifs is 1. The molecule has 0 aromatic carbocycles. The number of hydrogen-bond acceptors (Lipinski definition) is 4. The zero-order valence-corrected chi connectivity index (χ0v) is 10.9. The normalized spacial score (nSPS) is 11.1. The van der Waals surface area contributed by atoms with Gasteiger partial charge in [-0.25, -0.2) is 4.98 Å². The first-order valence-corrected chi connectivity index (χ1v) is 6.79. The number of unbranched alkanes of at least 4 members (excludes halogenated alkanes) is 1. The number of rotatable bonds is 4. The van der Waals surface area contributed by atoms with Gasteiger partial charge in [-0.05, 0) is 36.5 Å². The van der Waals surface area contributed by atoms with E-state index in [2.05, 4.69) is 17.6 Å². The maximum Gasteiger partial charge on any atom is 0.271 e. The summed E-state index contributed by atoms with van der Waals surface area (Å²) >= 11 is 5.64. The molecule has 2 rings (SSSR count). The second kappa shape index (κ2) is 5.01. The number of hydrogen-bond donors (Lipinski definition) is 1. The summed E-state index contributed by atoms with van der Waals surface area (Å²) in [6.45, 7) is 2.72. The van der Waals surface area contributed by atoms with Crippen molar-refractivity contribution in [3.63, 3.8) is 0 Å². The monoisotopic (exact) mass is 254 g/mol. The molecule has 0 amide bonds. The molecule has 0 fully saturated rings. The third-order valence-electron chi connectivity index (χ3n) is 2.53. The van der Waals surface area contributed by atoms with Crippen molar-refractivity contribution in [2.45, 2.75) is 26.3 Å². The van der Waals surface area contributed by atoms with Crippen molar-refractivity contribution in [3.8, 4) is 0 Å². The molecule has 0 aliphatic carbocycles. The van der Waals surface area contributed by atoms with Crippen LogP contribution in [0.4, 0.5) is 0 Å². The van der Waals surface area contributed by atoms with Gasteiger partial charge in [0.25, 0.3) is 5.56 Å². The van der Waals surface area contributed by atoms with E-state index in [1.54, 1.807) is 10.9 Å². The summed E-state index contributed by atoms with van der Waals surface area (Å²) in [5.74, 6) is 0.864. The first-order valence-electron chi connectivity index (χ1n) is 5.28. The molecule has 0 saturated carbocycles. The van der Waals surface area contributed by atoms with Crippen molar-refractivity contribution in [1.82, 2.24) is 9.55 Å². The standard InChI is InChI=1S/C11H14N2OS2/c1-8-6-16-10-9(8)12-7-13(11(10)14)4-2-3-5-15/h6-7,15H,2-5H2,1H3. The summed E-state index contributed by atoms with van der Waals surface area (Å²) < 4.78 is 2.47. The van der Waals surface area contributed by atoms with Crippen molar-refractivity contribution in [2.24, 2.45) is 0 Å². The molecule has 0 N–H and O–H groups in total. The average Bonchev–Trinajstić information content (AvgIpc) is 2.65. The zero-order chi connectivity index (χ0) is 11.5. The van der Waals surface area contributed by atoms with E-state index in [1.165, 1.54) is 11.3 Å². The van der Waals surface area contributed by atoms with E-state index in [4.69, 9.17) is 0 Å². The van der Waals surface area contributed by atoms with E-state index in [0.29, 0.717) is 0 Å². The highest BCUT2D eigenvalue weighted by molar-refractivity contribution is 7.80. The van der Waals surface area contributed by atoms with Gasteiger partial charge in [0.1, 0.15) is 4.70 Å². The van der Waals surface area contributed by atoms with Gasteiger partial charge >= 0.3 is 0 Å². The van der Waals surface area contributed by atoms with Crippen LogP contribution in [0.1, 0.15) is 18.4 Å². The van der Waals surface area contributed by atoms with Crippen LogP contribution in [0.3, 0.4) is 0 Å². The van der Waals surface area contributed by atoms with Crippen LogP contribution in [0.5, 0.6) is 0 Å². The molecule has 0 atom stereocenters. The van der Waals surface area contributed by atoms with Crippen molar-refractivity contribution in [3.05, 3.63) is 27.6 Å². The van der Waals surface area contributed by atoms with Crippen molar-refractivity contribution in [1.29, 1.82) is 0 Å². The summed E-state index contributed by atoms with van der Waals surface area (Å²) in [5, 5.41) is 1.98. The van der Waals surface area contributed by atoms with E-state index in [-0.39, 0.29) is 5.56 Å². The average molecular weight is 254 g/mol. The molecule has 5 heteroatoms. The summed E-state index contributed by atoms with van der Waals surface area (Å²) in [5.41, 5.74) is 2.02. The molecule has 0 unspecified atom stereocenters. The topological polar surface area (TPSA) is 34.9 Å². The molecule has 0 saturated heterocycles. The Balaban J connectivity index is 2.34. The molecule has 0 aliphatic heterocycles. The van der Waals surface area contributed by atoms with Gasteiger partial charge in [-0.15, -0.1) is 11.3 Å². The lowest BCUT2D eigenvalue weighted by atomic mass is 10.3. The van der Waals surface area contributed by atoms with Gasteiger partial charge in [0.05, 0.1) is 11.8 Å². The van der Waals surface area contributed by atoms with E-state index in [0.717, 1.165) is 40.9 Å². The van der Waals surface area contributed by atoms with Crippen LogP contribution in [0, 0.1) is 6.92 Å². The van der Waals surface area contributed by atoms with Gasteiger partial charge in [-0.3, -0.25) is 9.36 Å². The van der Waals surface area contributed by atoms with Crippen LogP contribution in [0.2, 0.25) is 0 Å². The molecule has 3 nitrogen and oxygen atoms in total. The van der Waals surface area contributed by atoms with Crippen molar-refractivity contribution in [2.75, 3.05) is 5.75 Å². The Hall–Kier alpha value is -0.810. The van der Waals surface area contributed by atoms with Crippen LogP contribution >= 0.6 is 24.0 Å². The molecule has 16 heavy (non-hydrogen) atoms. The molecule has 2 aromatic rings. The third-order valence-corrected chi connectivity index (χ3v) is 3.92. The third kappa shape index (κ3) is 2.15. The Morgan fingerprint density at radius 2 is 2.31 bits per heavy atom. The number of aryl methyl sites for hydroxylation is 2. The van der Waals surface area contributed by atoms with E-state index < -0.39 is 0 Å². The molecular formula is C11H14N2OS2. The Labute approximate surface area is 104 Å². The first-order chi connectivity index (χ1) is 7.74. The summed E-state index contributed by atoms with van der Waals surface area (Å²) in [6.07, 6.45) is 3.65. The Kier molecular flexibility index (Phi) is 3.66. The SMILES string of the molecule is Cc1csc2c(=O)n(CCCCS)cnc12. The highest BCUT2D eigenvalue weighted by Gasteiger charge is 2.07. The Morgan fingerprint density at radius 1 is 1.50 bits per heavy atom. The highest BCUT2D eigenvalue weighted by atomic mass is 32.1. The second-order valence-electron chi connectivity index (χ2n) is 3.77. The fourth-order valence-electron chi connectivity index (χ4n) is 1.61. The van der Waals surface area contributed by atoms with Gasteiger partial charge in [0.2, 0.25) is 0 Å². The predicted octanol–water partition coefficient (Wildman–Crippen LogP) is 2.48. The minimum atomic E-state index is 0.0854. The minimum absolute atomic E-state index is 0.0854. The fraction of sp³-hybridized carbons (Fsp3) is 0.455. The molecule has 0 aliphatic rings. The molecule has 86 valence electrons. The second-order valence-corrected chi connectivity index (χ2v) is 5.10. The van der Waals surface area contributed by atoms with Crippen molar-refractivity contribution >= 4 is 34.2 Å². The van der Waals surface area contributed by atoms with E-state index in [1.807, 2.05) is 12.3 Å². The van der Waals surface area contributed by atoms with Gasteiger partial charge in [-0.1, -0.05) is 0 Å². The molecule has 2 heterocycles. The van der Waals surface area contributed by atoms with Gasteiger partial charge < -0.3 is 0 Å². The molecular weight excluding hydrogens is 240 g/mol. The van der Waals surface area contributed by atoms with Crippen molar-refractivity contribution < 1.29 is 0 Å². The van der Waals surface area contributed by atoms with Gasteiger partial charge in [0.15, 0.2) is 0 Å². The Morgan fingerprint density at radius 3 is 3.06 bits per heavy atom. The van der Waals surface area contributed by atoms with Crippen LogP contribution in [0.25, 0.3) is 10.2 Å². The maximum absolute atomic E-state index is 12.1. The summed E-state index contributed by atoms with van der Waals surface area (Å²) in [7, 11) is 0. The number of aromatic nitrogens is 2. The van der Waals surface area contributed by atoms with Crippen LogP contribution < -0.4 is 5.56 Å². The first kappa shape index (κ1) is 11.7. The zero-order valence-electron chi connectivity index (χ0n) is 9.14. The smallest absolute Gasteiger partial charge is 0.271 e. The van der Waals surface area contributed by atoms with Gasteiger partial charge in [0, 0.05) is 6.54 Å². The summed E-state index contributed by atoms with van der Waals surface area (Å²) in [6, 6.07) is 0. The lowest BCUT2D eigenvalue weighted by Gasteiger charge is -2.03. The summed E-state index contributed by atoms with van der Waals surface area (Å²) in [4.78, 5) is 16.4. The number of thiophene rings is 1. The largest absolute Gasteiger partial charge is 0.298 e. The molecule has 2 aromatic heterocycles. The maximum atomic E-state index is 12.1. The van der Waals surface area contributed by atoms with Crippen LogP contribution in [-0.2, 0) is 6.54 Å². The van der Waals surface area contributed by atoms with E-state index >= 15 is 0 Å².